The average molecular weight is 424 g/mol. The van der Waals surface area contributed by atoms with Crippen LogP contribution in [0, 0.1) is 23.2 Å². The van der Waals surface area contributed by atoms with Crippen LogP contribution in [0.4, 0.5) is 8.78 Å². The Balaban J connectivity index is 1.40. The van der Waals surface area contributed by atoms with Crippen molar-refractivity contribution in [1.29, 1.82) is 0 Å². The Morgan fingerprint density at radius 2 is 2.11 bits per heavy atom. The molecule has 1 N–H and O–H groups in total. The first kappa shape index (κ1) is 21.1. The number of carbonyl (C=O) groups is 2. The SMILES string of the molecule is C=C(COCC(F)(F)S(=O)(=O)O)C(=O)OCC1CC2CC1CC21COC(=O)C1. The molecule has 8 nitrogen and oxygen atoms in total. The van der Waals surface area contributed by atoms with Crippen LogP contribution >= 0.6 is 0 Å². The molecule has 3 fully saturated rings. The maximum atomic E-state index is 13.0. The van der Waals surface area contributed by atoms with Crippen molar-refractivity contribution in [3.8, 4) is 0 Å². The molecule has 2 saturated carbocycles. The van der Waals surface area contributed by atoms with Crippen molar-refractivity contribution in [2.45, 2.75) is 30.9 Å². The lowest BCUT2D eigenvalue weighted by Crippen LogP contribution is -2.34. The summed E-state index contributed by atoms with van der Waals surface area (Å²) in [5.74, 6) is -0.113. The summed E-state index contributed by atoms with van der Waals surface area (Å²) in [5, 5.41) is -4.47. The molecule has 2 aliphatic carbocycles. The van der Waals surface area contributed by atoms with Gasteiger partial charge in [0, 0.05) is 5.41 Å². The summed E-state index contributed by atoms with van der Waals surface area (Å²) in [6.45, 7) is 1.75. The van der Waals surface area contributed by atoms with Crippen LogP contribution in [0.5, 0.6) is 0 Å². The third-order valence-electron chi connectivity index (χ3n) is 6.03. The molecular formula is C17H22F2O8S. The zero-order valence-corrected chi connectivity index (χ0v) is 15.9. The van der Waals surface area contributed by atoms with E-state index >= 15 is 0 Å². The van der Waals surface area contributed by atoms with Crippen molar-refractivity contribution in [1.82, 2.24) is 0 Å². The highest BCUT2D eigenvalue weighted by atomic mass is 32.2. The van der Waals surface area contributed by atoms with E-state index < -0.39 is 34.6 Å². The van der Waals surface area contributed by atoms with E-state index in [-0.39, 0.29) is 29.5 Å². The molecule has 3 rings (SSSR count). The molecule has 0 aromatic heterocycles. The van der Waals surface area contributed by atoms with Gasteiger partial charge in [-0.05, 0) is 37.0 Å². The van der Waals surface area contributed by atoms with E-state index in [2.05, 4.69) is 11.3 Å². The summed E-state index contributed by atoms with van der Waals surface area (Å²) in [6.07, 6.45) is 3.11. The molecule has 158 valence electrons. The lowest BCUT2D eigenvalue weighted by molar-refractivity contribution is -0.142. The third-order valence-corrected chi connectivity index (χ3v) is 6.91. The van der Waals surface area contributed by atoms with E-state index in [9.17, 15) is 26.8 Å². The summed E-state index contributed by atoms with van der Waals surface area (Å²) >= 11 is 0. The van der Waals surface area contributed by atoms with E-state index in [1.54, 1.807) is 0 Å². The molecule has 0 aromatic rings. The molecule has 4 atom stereocenters. The van der Waals surface area contributed by atoms with Crippen molar-refractivity contribution in [3.05, 3.63) is 12.2 Å². The Hall–Kier alpha value is -1.59. The number of hydrogen-bond donors (Lipinski definition) is 1. The summed E-state index contributed by atoms with van der Waals surface area (Å²) in [4.78, 5) is 23.4. The summed E-state index contributed by atoms with van der Waals surface area (Å²) in [7, 11) is -5.59. The molecule has 1 saturated heterocycles. The number of cyclic esters (lactones) is 1. The van der Waals surface area contributed by atoms with Crippen LogP contribution in [-0.4, -0.2) is 56.6 Å². The number of halogens is 2. The van der Waals surface area contributed by atoms with Crippen LogP contribution < -0.4 is 0 Å². The van der Waals surface area contributed by atoms with E-state index in [1.807, 2.05) is 0 Å². The molecular weight excluding hydrogens is 402 g/mol. The number of alkyl halides is 2. The van der Waals surface area contributed by atoms with Crippen LogP contribution in [0.25, 0.3) is 0 Å². The van der Waals surface area contributed by atoms with Gasteiger partial charge in [-0.3, -0.25) is 9.35 Å². The average Bonchev–Trinajstić information content (AvgIpc) is 3.25. The minimum absolute atomic E-state index is 0.0715. The van der Waals surface area contributed by atoms with Gasteiger partial charge < -0.3 is 14.2 Å². The van der Waals surface area contributed by atoms with Crippen molar-refractivity contribution in [2.24, 2.45) is 23.2 Å². The monoisotopic (exact) mass is 424 g/mol. The molecule has 3 aliphatic rings. The molecule has 1 heterocycles. The highest BCUT2D eigenvalue weighted by Gasteiger charge is 2.58. The van der Waals surface area contributed by atoms with Crippen molar-refractivity contribution in [2.75, 3.05) is 26.4 Å². The van der Waals surface area contributed by atoms with E-state index in [0.717, 1.165) is 19.3 Å². The highest BCUT2D eigenvalue weighted by molar-refractivity contribution is 7.86. The van der Waals surface area contributed by atoms with E-state index in [1.165, 1.54) is 0 Å². The topological polar surface area (TPSA) is 116 Å². The van der Waals surface area contributed by atoms with Crippen molar-refractivity contribution < 1.29 is 45.6 Å². The van der Waals surface area contributed by atoms with Gasteiger partial charge in [0.2, 0.25) is 0 Å². The molecule has 1 aliphatic heterocycles. The third kappa shape index (κ3) is 4.06. The predicted molar refractivity (Wildman–Crippen MR) is 89.7 cm³/mol. The van der Waals surface area contributed by atoms with Gasteiger partial charge in [0.1, 0.15) is 6.61 Å². The minimum Gasteiger partial charge on any atom is -0.465 e. The van der Waals surface area contributed by atoms with E-state index in [0.29, 0.717) is 24.9 Å². The first-order valence-corrected chi connectivity index (χ1v) is 10.3. The Morgan fingerprint density at radius 1 is 1.39 bits per heavy atom. The Labute approximate surface area is 160 Å². The maximum absolute atomic E-state index is 13.0. The predicted octanol–water partition coefficient (Wildman–Crippen LogP) is 1.56. The number of rotatable bonds is 8. The largest absolute Gasteiger partial charge is 0.465 e. The smallest absolute Gasteiger partial charge is 0.392 e. The lowest BCUT2D eigenvalue weighted by atomic mass is 9.70. The molecule has 11 heteroatoms. The fourth-order valence-corrected chi connectivity index (χ4v) is 4.81. The van der Waals surface area contributed by atoms with Gasteiger partial charge in [0.25, 0.3) is 0 Å². The number of fused-ring (bicyclic) bond motifs is 3. The summed E-state index contributed by atoms with van der Waals surface area (Å²) in [5.41, 5.74) is -0.307. The fraction of sp³-hybridized carbons (Fsp3) is 0.765. The number of carbonyl (C=O) groups excluding carboxylic acids is 2. The Morgan fingerprint density at radius 3 is 2.64 bits per heavy atom. The molecule has 1 spiro atoms. The normalized spacial score (nSPS) is 32.0. The number of ether oxygens (including phenoxy) is 3. The standard InChI is InChI=1S/C17H22F2O8S/c1-10(6-25-9-17(18,19)28(22,23)24)15(21)26-7-12-3-13-2-11(12)4-16(13)5-14(20)27-8-16/h11-13H,1-9H2,(H,22,23,24). The summed E-state index contributed by atoms with van der Waals surface area (Å²) < 4.78 is 70.2. The lowest BCUT2D eigenvalue weighted by Gasteiger charge is -2.34. The van der Waals surface area contributed by atoms with Crippen LogP contribution in [0.1, 0.15) is 25.7 Å². The maximum Gasteiger partial charge on any atom is 0.392 e. The van der Waals surface area contributed by atoms with Crippen molar-refractivity contribution in [3.63, 3.8) is 0 Å². The van der Waals surface area contributed by atoms with Gasteiger partial charge in [-0.15, -0.1) is 0 Å². The number of esters is 2. The van der Waals surface area contributed by atoms with Crippen LogP contribution in [0.3, 0.4) is 0 Å². The van der Waals surface area contributed by atoms with Gasteiger partial charge in [-0.1, -0.05) is 6.58 Å². The second-order valence-corrected chi connectivity index (χ2v) is 9.45. The van der Waals surface area contributed by atoms with Gasteiger partial charge in [-0.25, -0.2) is 4.79 Å². The van der Waals surface area contributed by atoms with Gasteiger partial charge in [0.15, 0.2) is 0 Å². The second-order valence-electron chi connectivity index (χ2n) is 7.90. The second kappa shape index (κ2) is 7.34. The van der Waals surface area contributed by atoms with Gasteiger partial charge in [-0.2, -0.15) is 17.2 Å². The molecule has 4 unspecified atom stereocenters. The first-order valence-electron chi connectivity index (χ1n) is 8.87. The quantitative estimate of drug-likeness (QED) is 0.355. The van der Waals surface area contributed by atoms with Crippen LogP contribution in [0.15, 0.2) is 12.2 Å². The molecule has 0 aromatic carbocycles. The van der Waals surface area contributed by atoms with Gasteiger partial charge >= 0.3 is 27.3 Å². The molecule has 2 bridgehead atoms. The highest BCUT2D eigenvalue weighted by Crippen LogP contribution is 2.61. The summed E-state index contributed by atoms with van der Waals surface area (Å²) in [6, 6.07) is 0. The van der Waals surface area contributed by atoms with Crippen molar-refractivity contribution >= 4 is 22.1 Å². The van der Waals surface area contributed by atoms with Crippen LogP contribution in [-0.2, 0) is 33.9 Å². The Kier molecular flexibility index (Phi) is 5.54. The first-order chi connectivity index (χ1) is 12.9. The number of hydrogen-bond acceptors (Lipinski definition) is 7. The molecule has 28 heavy (non-hydrogen) atoms. The fourth-order valence-electron chi connectivity index (χ4n) is 4.57. The molecule has 0 amide bonds. The molecule has 0 radical (unpaired) electrons. The zero-order chi connectivity index (χ0) is 20.7. The Bertz CT molecular complexity index is 780. The van der Waals surface area contributed by atoms with Gasteiger partial charge in [0.05, 0.1) is 31.8 Å². The zero-order valence-electron chi connectivity index (χ0n) is 15.1. The van der Waals surface area contributed by atoms with E-state index in [4.69, 9.17) is 14.0 Å². The van der Waals surface area contributed by atoms with Crippen LogP contribution in [0.2, 0.25) is 0 Å². The minimum atomic E-state index is -5.59.